The van der Waals surface area contributed by atoms with Crippen LogP contribution in [0.2, 0.25) is 0 Å². The van der Waals surface area contributed by atoms with Crippen LogP contribution in [0.5, 0.6) is 0 Å². The Morgan fingerprint density at radius 1 is 0.807 bits per heavy atom. The fourth-order valence-corrected chi connectivity index (χ4v) is 13.7. The van der Waals surface area contributed by atoms with E-state index in [1.54, 1.807) is 16.7 Å². The maximum Gasteiger partial charge on any atom is 0.0309 e. The zero-order valence-corrected chi connectivity index (χ0v) is 37.5. The number of hydrogen-bond donors (Lipinski definition) is 0. The van der Waals surface area contributed by atoms with Crippen LogP contribution in [-0.2, 0) is 0 Å². The highest BCUT2D eigenvalue weighted by Gasteiger charge is 2.42. The lowest BCUT2D eigenvalue weighted by atomic mass is 9.59. The highest BCUT2D eigenvalue weighted by molar-refractivity contribution is 5.45. The van der Waals surface area contributed by atoms with Crippen LogP contribution in [-0.4, -0.2) is 24.0 Å². The van der Waals surface area contributed by atoms with Gasteiger partial charge in [0.2, 0.25) is 0 Å². The number of allylic oxidation sites excluding steroid dienone is 15. The van der Waals surface area contributed by atoms with E-state index in [4.69, 9.17) is 0 Å². The van der Waals surface area contributed by atoms with Gasteiger partial charge >= 0.3 is 0 Å². The lowest BCUT2D eigenvalue weighted by Crippen LogP contribution is -2.49. The Bertz CT molecular complexity index is 1590. The molecule has 1 heteroatoms. The third-order valence-corrected chi connectivity index (χ3v) is 17.5. The molecule has 2 saturated carbocycles. The van der Waals surface area contributed by atoms with Gasteiger partial charge in [-0.2, -0.15) is 0 Å². The lowest BCUT2D eigenvalue weighted by molar-refractivity contribution is 0.0586. The van der Waals surface area contributed by atoms with Crippen molar-refractivity contribution in [3.8, 4) is 0 Å². The first kappa shape index (κ1) is 42.7. The zero-order valence-electron chi connectivity index (χ0n) is 37.5. The summed E-state index contributed by atoms with van der Waals surface area (Å²) in [6.45, 7) is 17.3. The van der Waals surface area contributed by atoms with Gasteiger partial charge in [0.15, 0.2) is 0 Å². The molecule has 0 aromatic heterocycles. The quantitative estimate of drug-likeness (QED) is 0.105. The minimum absolute atomic E-state index is 0.500. The van der Waals surface area contributed by atoms with E-state index in [0.29, 0.717) is 41.7 Å². The summed E-state index contributed by atoms with van der Waals surface area (Å²) in [7, 11) is 2.49. The van der Waals surface area contributed by atoms with Crippen LogP contribution in [0.1, 0.15) is 150 Å². The molecule has 14 atom stereocenters. The van der Waals surface area contributed by atoms with Crippen molar-refractivity contribution in [3.05, 3.63) is 108 Å². The minimum Gasteiger partial charge on any atom is -0.296 e. The fourth-order valence-electron chi connectivity index (χ4n) is 13.7. The predicted octanol–water partition coefficient (Wildman–Crippen LogP) is 15.4. The molecule has 7 aliphatic carbocycles. The van der Waals surface area contributed by atoms with Gasteiger partial charge in [0.1, 0.15) is 0 Å². The zero-order chi connectivity index (χ0) is 39.9. The molecule has 0 bridgehead atoms. The van der Waals surface area contributed by atoms with Gasteiger partial charge in [0.05, 0.1) is 0 Å². The highest BCUT2D eigenvalue weighted by Crippen LogP contribution is 2.51. The second-order valence-corrected chi connectivity index (χ2v) is 20.5. The van der Waals surface area contributed by atoms with Crippen LogP contribution in [0.25, 0.3) is 0 Å². The molecule has 0 amide bonds. The Hall–Kier alpha value is -2.38. The molecule has 7 aliphatic rings. The Morgan fingerprint density at radius 3 is 2.44 bits per heavy atom. The number of hydrogen-bond acceptors (Lipinski definition) is 1. The number of likely N-dealkylation sites (N-methyl/N-ethyl adjacent to an activating group) is 1. The molecule has 1 nitrogen and oxygen atoms in total. The lowest BCUT2D eigenvalue weighted by Gasteiger charge is -2.47. The average molecular weight is 770 g/mol. The SMILES string of the molecule is C=CC(CCCCC)C1=C2C=CCCC2C(C(C)C2CCCCC2C(C)C(C)CCC(C2=CCC3C=CC=CC3=C2)C(C)N(C)C2C=CCC3CCCCC32)C=C1. The molecule has 0 radical (unpaired) electrons. The van der Waals surface area contributed by atoms with Gasteiger partial charge in [-0.25, -0.2) is 0 Å². The summed E-state index contributed by atoms with van der Waals surface area (Å²) < 4.78 is 0. The Kier molecular flexibility index (Phi) is 15.2. The van der Waals surface area contributed by atoms with Gasteiger partial charge in [0, 0.05) is 23.9 Å². The van der Waals surface area contributed by atoms with Crippen molar-refractivity contribution in [1.29, 1.82) is 0 Å². The highest BCUT2D eigenvalue weighted by atomic mass is 15.2. The molecule has 0 N–H and O–H groups in total. The standard InChI is InChI=1S/C56H83N/c1-8-10-11-21-43(9-2)52-37-36-50(54-29-18-19-30-55(52)54)41(5)49-27-17-16-26-48(49)40(4)39(3)32-35-51(47-34-33-44-22-12-13-24-46(44)38-47)42(6)57(7)56-31-20-25-45-23-14-15-28-53(45)56/h9,12-13,19-20,22,24,30-31,34,36-45,48-51,53-54,56H,2,8,10-11,14-18,21,23,25-29,32-33,35H2,1,3-7H3. The van der Waals surface area contributed by atoms with E-state index >= 15 is 0 Å². The monoisotopic (exact) mass is 770 g/mol. The summed E-state index contributed by atoms with van der Waals surface area (Å²) in [6.07, 6.45) is 56.6. The van der Waals surface area contributed by atoms with E-state index in [1.165, 1.54) is 115 Å². The molecule has 0 aliphatic heterocycles. The van der Waals surface area contributed by atoms with E-state index < -0.39 is 0 Å². The molecule has 2 fully saturated rings. The average Bonchev–Trinajstić information content (AvgIpc) is 3.26. The van der Waals surface area contributed by atoms with Crippen molar-refractivity contribution in [2.45, 2.75) is 162 Å². The summed E-state index contributed by atoms with van der Waals surface area (Å²) >= 11 is 0. The van der Waals surface area contributed by atoms with Crippen molar-refractivity contribution in [1.82, 2.24) is 4.90 Å². The van der Waals surface area contributed by atoms with E-state index in [2.05, 4.69) is 132 Å². The summed E-state index contributed by atoms with van der Waals surface area (Å²) in [6, 6.07) is 1.11. The van der Waals surface area contributed by atoms with E-state index in [-0.39, 0.29) is 0 Å². The number of nitrogens with zero attached hydrogens (tertiary/aromatic N) is 1. The minimum atomic E-state index is 0.500. The molecular weight excluding hydrogens is 687 g/mol. The van der Waals surface area contributed by atoms with Crippen molar-refractivity contribution < 1.29 is 0 Å². The van der Waals surface area contributed by atoms with Crippen LogP contribution in [0, 0.1) is 71.0 Å². The van der Waals surface area contributed by atoms with Gasteiger partial charge in [0.25, 0.3) is 0 Å². The van der Waals surface area contributed by atoms with Gasteiger partial charge < -0.3 is 0 Å². The van der Waals surface area contributed by atoms with Crippen LogP contribution < -0.4 is 0 Å². The third kappa shape index (κ3) is 9.66. The smallest absolute Gasteiger partial charge is 0.0309 e. The van der Waals surface area contributed by atoms with E-state index in [0.717, 1.165) is 47.8 Å². The van der Waals surface area contributed by atoms with Crippen molar-refractivity contribution >= 4 is 0 Å². The summed E-state index contributed by atoms with van der Waals surface area (Å²) in [5, 5.41) is 0. The number of unbranched alkanes of at least 4 members (excludes halogenated alkanes) is 2. The first-order chi connectivity index (χ1) is 27.8. The molecule has 0 spiro atoms. The number of fused-ring (bicyclic) bond motifs is 3. The second-order valence-electron chi connectivity index (χ2n) is 20.5. The van der Waals surface area contributed by atoms with Gasteiger partial charge in [-0.05, 0) is 166 Å². The number of rotatable bonds is 17. The molecular formula is C56H83N. The van der Waals surface area contributed by atoms with Crippen molar-refractivity contribution in [3.63, 3.8) is 0 Å². The Morgan fingerprint density at radius 2 is 1.61 bits per heavy atom. The molecule has 0 aromatic carbocycles. The Balaban J connectivity index is 1.06. The van der Waals surface area contributed by atoms with Crippen LogP contribution in [0.4, 0.5) is 0 Å². The molecule has 7 rings (SSSR count). The maximum absolute atomic E-state index is 4.34. The normalized spacial score (nSPS) is 34.0. The molecule has 0 heterocycles. The third-order valence-electron chi connectivity index (χ3n) is 17.5. The van der Waals surface area contributed by atoms with Gasteiger partial charge in [-0.15, -0.1) is 6.58 Å². The maximum atomic E-state index is 4.34. The fraction of sp³-hybridized carbons (Fsp3) is 0.679. The van der Waals surface area contributed by atoms with Crippen LogP contribution >= 0.6 is 0 Å². The molecule has 14 unspecified atom stereocenters. The molecule has 0 aromatic rings. The van der Waals surface area contributed by atoms with Crippen LogP contribution in [0.15, 0.2) is 108 Å². The van der Waals surface area contributed by atoms with Crippen molar-refractivity contribution in [2.75, 3.05) is 7.05 Å². The second kappa shape index (κ2) is 20.3. The van der Waals surface area contributed by atoms with Crippen molar-refractivity contribution in [2.24, 2.45) is 71.0 Å². The van der Waals surface area contributed by atoms with Gasteiger partial charge in [-0.3, -0.25) is 4.90 Å². The predicted molar refractivity (Wildman–Crippen MR) is 248 cm³/mol. The summed E-state index contributed by atoms with van der Waals surface area (Å²) in [5.74, 6) is 8.62. The summed E-state index contributed by atoms with van der Waals surface area (Å²) in [4.78, 5) is 2.84. The first-order valence-corrected chi connectivity index (χ1v) is 24.7. The summed E-state index contributed by atoms with van der Waals surface area (Å²) in [5.41, 5.74) is 6.42. The Labute approximate surface area is 351 Å². The topological polar surface area (TPSA) is 3.24 Å². The molecule has 0 saturated heterocycles. The van der Waals surface area contributed by atoms with Crippen LogP contribution in [0.3, 0.4) is 0 Å². The van der Waals surface area contributed by atoms with Gasteiger partial charge in [-0.1, -0.05) is 152 Å². The largest absolute Gasteiger partial charge is 0.296 e. The first-order valence-electron chi connectivity index (χ1n) is 24.7. The van der Waals surface area contributed by atoms with E-state index in [1.807, 2.05) is 0 Å². The molecule has 57 heavy (non-hydrogen) atoms. The molecule has 312 valence electrons. The van der Waals surface area contributed by atoms with E-state index in [9.17, 15) is 0 Å².